The lowest BCUT2D eigenvalue weighted by atomic mass is 10.1. The number of benzene rings is 2. The first-order valence-corrected chi connectivity index (χ1v) is 7.20. The van der Waals surface area contributed by atoms with Crippen LogP contribution in [0.4, 0.5) is 5.69 Å². The van der Waals surface area contributed by atoms with E-state index >= 15 is 0 Å². The zero-order chi connectivity index (χ0) is 14.7. The van der Waals surface area contributed by atoms with Gasteiger partial charge in [0.25, 0.3) is 5.91 Å². The number of nitrogens with zero attached hydrogens (tertiary/aromatic N) is 1. The topological polar surface area (TPSA) is 46.3 Å². The van der Waals surface area contributed by atoms with Crippen molar-refractivity contribution in [1.29, 1.82) is 0 Å². The molecule has 2 rings (SSSR count). The van der Waals surface area contributed by atoms with Crippen molar-refractivity contribution in [3.63, 3.8) is 0 Å². The molecule has 0 heterocycles. The fraction of sp³-hybridized carbons (Fsp3) is 0.133. The van der Waals surface area contributed by atoms with E-state index in [1.54, 1.807) is 30.1 Å². The highest BCUT2D eigenvalue weighted by atomic mass is 79.9. The molecule has 3 nitrogen and oxygen atoms in total. The number of carbonyl (C=O) groups is 1. The van der Waals surface area contributed by atoms with Crippen molar-refractivity contribution in [3.05, 3.63) is 63.1 Å². The average molecular weight is 354 g/mol. The molecule has 0 bridgehead atoms. The molecular formula is C15H14BrClN2O. The molecule has 2 aromatic carbocycles. The molecule has 0 aliphatic carbocycles. The summed E-state index contributed by atoms with van der Waals surface area (Å²) in [5.41, 5.74) is 7.88. The summed E-state index contributed by atoms with van der Waals surface area (Å²) in [6.07, 6.45) is 0. The van der Waals surface area contributed by atoms with Crippen LogP contribution in [0.5, 0.6) is 0 Å². The molecule has 104 valence electrons. The van der Waals surface area contributed by atoms with Crippen LogP contribution < -0.4 is 5.73 Å². The van der Waals surface area contributed by atoms with Crippen LogP contribution in [0.15, 0.2) is 46.9 Å². The summed E-state index contributed by atoms with van der Waals surface area (Å²) < 4.78 is 0.711. The molecule has 0 fully saturated rings. The third-order valence-corrected chi connectivity index (χ3v) is 4.20. The summed E-state index contributed by atoms with van der Waals surface area (Å²) in [5.74, 6) is -0.126. The molecule has 0 aliphatic rings. The van der Waals surface area contributed by atoms with Crippen LogP contribution in [0.1, 0.15) is 15.9 Å². The normalized spacial score (nSPS) is 10.3. The van der Waals surface area contributed by atoms with E-state index in [1.807, 2.05) is 24.3 Å². The SMILES string of the molecule is CN(Cc1cccc(N)c1)C(=O)c1cccc(Br)c1Cl. The third-order valence-electron chi connectivity index (χ3n) is 2.90. The Labute approximate surface area is 131 Å². The van der Waals surface area contributed by atoms with Gasteiger partial charge in [0.1, 0.15) is 0 Å². The second kappa shape index (κ2) is 6.29. The van der Waals surface area contributed by atoms with Gasteiger partial charge >= 0.3 is 0 Å². The number of amides is 1. The van der Waals surface area contributed by atoms with E-state index in [9.17, 15) is 4.79 Å². The van der Waals surface area contributed by atoms with Gasteiger partial charge in [-0.1, -0.05) is 29.8 Å². The van der Waals surface area contributed by atoms with E-state index in [1.165, 1.54) is 0 Å². The summed E-state index contributed by atoms with van der Waals surface area (Å²) in [7, 11) is 1.74. The largest absolute Gasteiger partial charge is 0.399 e. The van der Waals surface area contributed by atoms with Crippen LogP contribution in [0.2, 0.25) is 5.02 Å². The second-order valence-electron chi connectivity index (χ2n) is 4.51. The van der Waals surface area contributed by atoms with Gasteiger partial charge in [0.2, 0.25) is 0 Å². The average Bonchev–Trinajstić information content (AvgIpc) is 2.41. The van der Waals surface area contributed by atoms with Crippen molar-refractivity contribution in [2.75, 3.05) is 12.8 Å². The van der Waals surface area contributed by atoms with Crippen LogP contribution in [0.3, 0.4) is 0 Å². The minimum atomic E-state index is -0.126. The molecule has 0 unspecified atom stereocenters. The highest BCUT2D eigenvalue weighted by Crippen LogP contribution is 2.27. The monoisotopic (exact) mass is 352 g/mol. The molecule has 0 saturated carbocycles. The van der Waals surface area contributed by atoms with E-state index < -0.39 is 0 Å². The summed E-state index contributed by atoms with van der Waals surface area (Å²) in [6.45, 7) is 0.479. The molecule has 0 saturated heterocycles. The Kier molecular flexibility index (Phi) is 4.68. The lowest BCUT2D eigenvalue weighted by molar-refractivity contribution is 0.0785. The van der Waals surface area contributed by atoms with E-state index in [0.717, 1.165) is 5.56 Å². The summed E-state index contributed by atoms with van der Waals surface area (Å²) in [5, 5.41) is 0.428. The van der Waals surface area contributed by atoms with Gasteiger partial charge in [0.05, 0.1) is 10.6 Å². The molecule has 0 aromatic heterocycles. The first-order chi connectivity index (χ1) is 9.49. The summed E-state index contributed by atoms with van der Waals surface area (Å²) in [6, 6.07) is 12.8. The first kappa shape index (κ1) is 14.9. The third kappa shape index (κ3) is 3.32. The number of halogens is 2. The van der Waals surface area contributed by atoms with E-state index in [-0.39, 0.29) is 5.91 Å². The van der Waals surface area contributed by atoms with E-state index in [4.69, 9.17) is 17.3 Å². The highest BCUT2D eigenvalue weighted by Gasteiger charge is 2.16. The maximum absolute atomic E-state index is 12.4. The standard InChI is InChI=1S/C15H14BrClN2O/c1-19(9-10-4-2-5-11(18)8-10)15(20)12-6-3-7-13(16)14(12)17/h2-8H,9,18H2,1H3. The predicted octanol–water partition coefficient (Wildman–Crippen LogP) is 3.96. The Morgan fingerprint density at radius 3 is 2.70 bits per heavy atom. The van der Waals surface area contributed by atoms with Gasteiger partial charge in [0.15, 0.2) is 0 Å². The molecule has 0 atom stereocenters. The van der Waals surface area contributed by atoms with Crippen LogP contribution in [-0.2, 0) is 6.54 Å². The first-order valence-electron chi connectivity index (χ1n) is 6.03. The molecular weight excluding hydrogens is 340 g/mol. The molecule has 0 aliphatic heterocycles. The summed E-state index contributed by atoms with van der Waals surface area (Å²) in [4.78, 5) is 14.0. The number of rotatable bonds is 3. The van der Waals surface area contributed by atoms with Crippen molar-refractivity contribution in [2.45, 2.75) is 6.54 Å². The zero-order valence-corrected chi connectivity index (χ0v) is 13.3. The lowest BCUT2D eigenvalue weighted by Crippen LogP contribution is -2.26. The smallest absolute Gasteiger partial charge is 0.255 e. The van der Waals surface area contributed by atoms with Crippen molar-refractivity contribution in [2.24, 2.45) is 0 Å². The van der Waals surface area contributed by atoms with Crippen molar-refractivity contribution >= 4 is 39.1 Å². The fourth-order valence-corrected chi connectivity index (χ4v) is 2.48. The maximum atomic E-state index is 12.4. The number of hydrogen-bond donors (Lipinski definition) is 1. The van der Waals surface area contributed by atoms with Gasteiger partial charge in [-0.3, -0.25) is 4.79 Å². The second-order valence-corrected chi connectivity index (χ2v) is 5.74. The minimum absolute atomic E-state index is 0.126. The fourth-order valence-electron chi connectivity index (χ4n) is 1.91. The molecule has 5 heteroatoms. The van der Waals surface area contributed by atoms with Crippen LogP contribution in [-0.4, -0.2) is 17.9 Å². The number of anilines is 1. The number of nitrogens with two attached hydrogens (primary N) is 1. The van der Waals surface area contributed by atoms with Crippen molar-refractivity contribution < 1.29 is 4.79 Å². The zero-order valence-electron chi connectivity index (χ0n) is 10.9. The van der Waals surface area contributed by atoms with Gasteiger partial charge in [-0.2, -0.15) is 0 Å². The van der Waals surface area contributed by atoms with Crippen molar-refractivity contribution in [1.82, 2.24) is 4.90 Å². The minimum Gasteiger partial charge on any atom is -0.399 e. The number of nitrogen functional groups attached to an aromatic ring is 1. The Balaban J connectivity index is 2.19. The van der Waals surface area contributed by atoms with Crippen molar-refractivity contribution in [3.8, 4) is 0 Å². The van der Waals surface area contributed by atoms with Gasteiger partial charge < -0.3 is 10.6 Å². The Hall–Kier alpha value is -1.52. The molecule has 2 N–H and O–H groups in total. The molecule has 1 amide bonds. The van der Waals surface area contributed by atoms with Crippen LogP contribution in [0, 0.1) is 0 Å². The quantitative estimate of drug-likeness (QED) is 0.849. The molecule has 0 spiro atoms. The Morgan fingerprint density at radius 2 is 2.00 bits per heavy atom. The van der Waals surface area contributed by atoms with Gasteiger partial charge in [0, 0.05) is 23.8 Å². The van der Waals surface area contributed by atoms with E-state index in [2.05, 4.69) is 15.9 Å². The Morgan fingerprint density at radius 1 is 1.30 bits per heavy atom. The number of hydrogen-bond acceptors (Lipinski definition) is 2. The number of carbonyl (C=O) groups excluding carboxylic acids is 1. The molecule has 2 aromatic rings. The van der Waals surface area contributed by atoms with Crippen LogP contribution >= 0.6 is 27.5 Å². The maximum Gasteiger partial charge on any atom is 0.255 e. The van der Waals surface area contributed by atoms with Gasteiger partial charge in [-0.25, -0.2) is 0 Å². The lowest BCUT2D eigenvalue weighted by Gasteiger charge is -2.18. The van der Waals surface area contributed by atoms with Crippen LogP contribution in [0.25, 0.3) is 0 Å². The highest BCUT2D eigenvalue weighted by molar-refractivity contribution is 9.10. The molecule has 0 radical (unpaired) electrons. The predicted molar refractivity (Wildman–Crippen MR) is 85.8 cm³/mol. The van der Waals surface area contributed by atoms with Gasteiger partial charge in [-0.15, -0.1) is 0 Å². The van der Waals surface area contributed by atoms with E-state index in [0.29, 0.717) is 27.3 Å². The Bertz CT molecular complexity index is 646. The summed E-state index contributed by atoms with van der Waals surface area (Å²) >= 11 is 9.47. The molecule has 20 heavy (non-hydrogen) atoms. The van der Waals surface area contributed by atoms with Gasteiger partial charge in [-0.05, 0) is 45.8 Å².